The summed E-state index contributed by atoms with van der Waals surface area (Å²) in [5.74, 6) is -0.998. The van der Waals surface area contributed by atoms with Crippen LogP contribution in [0.5, 0.6) is 0 Å². The summed E-state index contributed by atoms with van der Waals surface area (Å²) in [4.78, 5) is 27.9. The molecule has 25 heavy (non-hydrogen) atoms. The second-order valence-corrected chi connectivity index (χ2v) is 7.84. The van der Waals surface area contributed by atoms with Crippen LogP contribution in [-0.4, -0.2) is 50.0 Å². The lowest BCUT2D eigenvalue weighted by Gasteiger charge is -2.32. The summed E-state index contributed by atoms with van der Waals surface area (Å²) < 4.78 is 1.59. The van der Waals surface area contributed by atoms with E-state index < -0.39 is 5.97 Å². The molecule has 7 nitrogen and oxygen atoms in total. The molecule has 4 rings (SSSR count). The Morgan fingerprint density at radius 2 is 2.08 bits per heavy atom. The number of hydrogen-bond donors (Lipinski definition) is 1. The third-order valence-electron chi connectivity index (χ3n) is 4.99. The largest absolute Gasteiger partial charge is 0.476 e. The number of likely N-dealkylation sites (tertiary alicyclic amines) is 1. The number of fused-ring (bicyclic) bond motifs is 1. The van der Waals surface area contributed by atoms with Crippen LogP contribution in [0, 0.1) is 0 Å². The molecule has 1 aliphatic carbocycles. The van der Waals surface area contributed by atoms with Crippen molar-refractivity contribution in [1.82, 2.24) is 19.9 Å². The third kappa shape index (κ3) is 3.18. The molecule has 0 radical (unpaired) electrons. The maximum absolute atomic E-state index is 12.9. The Hall–Kier alpha value is -2.22. The van der Waals surface area contributed by atoms with E-state index in [2.05, 4.69) is 16.4 Å². The first-order valence-electron chi connectivity index (χ1n) is 8.68. The Morgan fingerprint density at radius 1 is 1.24 bits per heavy atom. The van der Waals surface area contributed by atoms with Crippen molar-refractivity contribution in [2.24, 2.45) is 0 Å². The van der Waals surface area contributed by atoms with E-state index in [-0.39, 0.29) is 17.6 Å². The molecule has 2 aromatic heterocycles. The normalized spacial score (nSPS) is 20.3. The van der Waals surface area contributed by atoms with Gasteiger partial charge in [0.25, 0.3) is 5.91 Å². The molecule has 1 unspecified atom stereocenters. The van der Waals surface area contributed by atoms with Crippen LogP contribution < -0.4 is 0 Å². The number of thiophene rings is 1. The maximum Gasteiger partial charge on any atom is 0.358 e. The van der Waals surface area contributed by atoms with E-state index in [9.17, 15) is 9.59 Å². The van der Waals surface area contributed by atoms with Gasteiger partial charge < -0.3 is 10.0 Å². The van der Waals surface area contributed by atoms with Gasteiger partial charge in [-0.3, -0.25) is 4.79 Å². The molecule has 1 atom stereocenters. The highest BCUT2D eigenvalue weighted by Gasteiger charge is 2.28. The van der Waals surface area contributed by atoms with Crippen LogP contribution in [0.3, 0.4) is 0 Å². The van der Waals surface area contributed by atoms with E-state index >= 15 is 0 Å². The SMILES string of the molecule is O=C(O)c1cn(C2CCCN(C(=O)c3cc4c(s3)CCCC4)C2)nn1. The molecule has 0 bridgehead atoms. The van der Waals surface area contributed by atoms with Crippen molar-refractivity contribution in [3.63, 3.8) is 0 Å². The van der Waals surface area contributed by atoms with Gasteiger partial charge in [0.15, 0.2) is 5.69 Å². The number of aryl methyl sites for hydroxylation is 2. The number of aromatic carboxylic acids is 1. The third-order valence-corrected chi connectivity index (χ3v) is 6.22. The lowest BCUT2D eigenvalue weighted by atomic mass is 9.99. The van der Waals surface area contributed by atoms with Gasteiger partial charge in [0.2, 0.25) is 0 Å². The minimum atomic E-state index is -1.08. The summed E-state index contributed by atoms with van der Waals surface area (Å²) in [7, 11) is 0. The Bertz CT molecular complexity index is 789. The van der Waals surface area contributed by atoms with E-state index in [0.717, 1.165) is 37.1 Å². The summed E-state index contributed by atoms with van der Waals surface area (Å²) in [5, 5.41) is 16.6. The first-order chi connectivity index (χ1) is 12.1. The standard InChI is InChI=1S/C17H20N4O3S/c22-16(15-8-11-4-1-2-6-14(11)25-15)20-7-3-5-12(9-20)21-10-13(17(23)24)18-19-21/h8,10,12H,1-7,9H2,(H,23,24). The number of amides is 1. The molecular weight excluding hydrogens is 340 g/mol. The van der Waals surface area contributed by atoms with Crippen LogP contribution >= 0.6 is 11.3 Å². The van der Waals surface area contributed by atoms with Crippen molar-refractivity contribution in [2.75, 3.05) is 13.1 Å². The maximum atomic E-state index is 12.9. The zero-order chi connectivity index (χ0) is 17.4. The lowest BCUT2D eigenvalue weighted by Crippen LogP contribution is -2.40. The summed E-state index contributed by atoms with van der Waals surface area (Å²) in [5.41, 5.74) is 1.28. The summed E-state index contributed by atoms with van der Waals surface area (Å²) in [6.45, 7) is 1.28. The molecule has 0 spiro atoms. The van der Waals surface area contributed by atoms with Crippen LogP contribution in [0.1, 0.15) is 62.3 Å². The Labute approximate surface area is 149 Å². The molecule has 8 heteroatoms. The lowest BCUT2D eigenvalue weighted by molar-refractivity contribution is 0.0669. The number of carbonyl (C=O) groups excluding carboxylic acids is 1. The molecule has 1 aliphatic heterocycles. The predicted molar refractivity (Wildman–Crippen MR) is 92.1 cm³/mol. The molecule has 3 heterocycles. The van der Waals surface area contributed by atoms with Gasteiger partial charge in [-0.1, -0.05) is 5.21 Å². The van der Waals surface area contributed by atoms with Crippen LogP contribution in [0.2, 0.25) is 0 Å². The highest BCUT2D eigenvalue weighted by atomic mass is 32.1. The van der Waals surface area contributed by atoms with Crippen LogP contribution in [0.4, 0.5) is 0 Å². The fraction of sp³-hybridized carbons (Fsp3) is 0.529. The Balaban J connectivity index is 1.49. The topological polar surface area (TPSA) is 88.3 Å². The zero-order valence-corrected chi connectivity index (χ0v) is 14.7. The molecule has 1 fully saturated rings. The van der Waals surface area contributed by atoms with Gasteiger partial charge in [-0.05, 0) is 50.2 Å². The molecule has 0 saturated carbocycles. The summed E-state index contributed by atoms with van der Waals surface area (Å²) >= 11 is 1.64. The summed E-state index contributed by atoms with van der Waals surface area (Å²) in [6.07, 6.45) is 7.79. The van der Waals surface area contributed by atoms with Gasteiger partial charge in [-0.25, -0.2) is 9.48 Å². The van der Waals surface area contributed by atoms with Crippen LogP contribution in [0.25, 0.3) is 0 Å². The van der Waals surface area contributed by atoms with Crippen molar-refractivity contribution in [2.45, 2.75) is 44.6 Å². The zero-order valence-electron chi connectivity index (χ0n) is 13.8. The summed E-state index contributed by atoms with van der Waals surface area (Å²) in [6, 6.07) is 2.05. The molecule has 1 amide bonds. The average Bonchev–Trinajstić information content (AvgIpc) is 3.28. The molecule has 0 aromatic carbocycles. The molecule has 1 saturated heterocycles. The number of rotatable bonds is 3. The fourth-order valence-electron chi connectivity index (χ4n) is 3.66. The number of carboxylic acid groups (broad SMARTS) is 1. The fourth-order valence-corrected chi connectivity index (χ4v) is 4.88. The van der Waals surface area contributed by atoms with Crippen molar-refractivity contribution in [3.8, 4) is 0 Å². The molecule has 1 N–H and O–H groups in total. The van der Waals surface area contributed by atoms with E-state index in [0.29, 0.717) is 6.54 Å². The molecule has 2 aromatic rings. The number of carbonyl (C=O) groups is 2. The quantitative estimate of drug-likeness (QED) is 0.908. The van der Waals surface area contributed by atoms with E-state index in [1.807, 2.05) is 4.90 Å². The van der Waals surface area contributed by atoms with Gasteiger partial charge in [-0.15, -0.1) is 16.4 Å². The highest BCUT2D eigenvalue weighted by Crippen LogP contribution is 2.31. The Morgan fingerprint density at radius 3 is 2.84 bits per heavy atom. The van der Waals surface area contributed by atoms with E-state index in [1.54, 1.807) is 16.0 Å². The van der Waals surface area contributed by atoms with Gasteiger partial charge in [0.1, 0.15) is 0 Å². The van der Waals surface area contributed by atoms with Gasteiger partial charge in [0, 0.05) is 18.0 Å². The second kappa shape index (κ2) is 6.59. The van der Waals surface area contributed by atoms with Gasteiger partial charge >= 0.3 is 5.97 Å². The highest BCUT2D eigenvalue weighted by molar-refractivity contribution is 7.14. The van der Waals surface area contributed by atoms with Crippen LogP contribution in [0.15, 0.2) is 12.3 Å². The van der Waals surface area contributed by atoms with Crippen molar-refractivity contribution >= 4 is 23.2 Å². The monoisotopic (exact) mass is 360 g/mol. The predicted octanol–water partition coefficient (Wildman–Crippen LogP) is 2.39. The number of carboxylic acids is 1. The minimum Gasteiger partial charge on any atom is -0.476 e. The first-order valence-corrected chi connectivity index (χ1v) is 9.49. The van der Waals surface area contributed by atoms with Crippen molar-refractivity contribution in [1.29, 1.82) is 0 Å². The van der Waals surface area contributed by atoms with E-state index in [1.165, 1.54) is 29.5 Å². The van der Waals surface area contributed by atoms with Crippen molar-refractivity contribution < 1.29 is 14.7 Å². The van der Waals surface area contributed by atoms with Crippen molar-refractivity contribution in [3.05, 3.63) is 33.3 Å². The molecule has 2 aliphatic rings. The second-order valence-electron chi connectivity index (χ2n) is 6.70. The number of aromatic nitrogens is 3. The van der Waals surface area contributed by atoms with Crippen LogP contribution in [-0.2, 0) is 12.8 Å². The average molecular weight is 360 g/mol. The molecule has 132 valence electrons. The molecular formula is C17H20N4O3S. The Kier molecular flexibility index (Phi) is 4.29. The number of piperidine rings is 1. The van der Waals surface area contributed by atoms with Gasteiger partial charge in [0.05, 0.1) is 17.1 Å². The minimum absolute atomic E-state index is 0.0205. The number of nitrogens with zero attached hydrogens (tertiary/aromatic N) is 4. The smallest absolute Gasteiger partial charge is 0.358 e. The van der Waals surface area contributed by atoms with Gasteiger partial charge in [-0.2, -0.15) is 0 Å². The van der Waals surface area contributed by atoms with E-state index in [4.69, 9.17) is 5.11 Å². The number of hydrogen-bond acceptors (Lipinski definition) is 5. The first kappa shape index (κ1) is 16.3.